The van der Waals surface area contributed by atoms with Gasteiger partial charge in [0.05, 0.1) is 6.04 Å². The van der Waals surface area contributed by atoms with Gasteiger partial charge in [0.1, 0.15) is 23.9 Å². The first-order valence-corrected chi connectivity index (χ1v) is 13.6. The number of rotatable bonds is 13. The van der Waals surface area contributed by atoms with Gasteiger partial charge in [-0.1, -0.05) is 58.0 Å². The molecular weight excluding hydrogens is 526 g/mol. The average molecular weight is 566 g/mol. The quantitative estimate of drug-likeness (QED) is 0.165. The van der Waals surface area contributed by atoms with Gasteiger partial charge in [-0.3, -0.25) is 14.4 Å². The topological polar surface area (TPSA) is 187 Å². The van der Waals surface area contributed by atoms with Gasteiger partial charge in [-0.05, 0) is 47.6 Å². The van der Waals surface area contributed by atoms with E-state index in [1.54, 1.807) is 39.8 Å². The monoisotopic (exact) mass is 565 g/mol. The number of fused-ring (bicyclic) bond motifs is 1. The van der Waals surface area contributed by atoms with E-state index in [4.69, 9.17) is 5.73 Å². The van der Waals surface area contributed by atoms with Crippen molar-refractivity contribution < 1.29 is 29.4 Å². The zero-order chi connectivity index (χ0) is 30.3. The predicted octanol–water partition coefficient (Wildman–Crippen LogP) is 1.84. The van der Waals surface area contributed by atoms with Crippen LogP contribution in [0.4, 0.5) is 0 Å². The number of aromatic hydroxyl groups is 1. The van der Waals surface area contributed by atoms with Crippen molar-refractivity contribution >= 4 is 34.6 Å². The highest BCUT2D eigenvalue weighted by Crippen LogP contribution is 2.19. The lowest BCUT2D eigenvalue weighted by atomic mass is 9.98. The molecule has 11 nitrogen and oxygen atoms in total. The first-order chi connectivity index (χ1) is 19.4. The molecule has 3 rings (SSSR count). The second kappa shape index (κ2) is 13.8. The number of carbonyl (C=O) groups is 4. The molecule has 0 aliphatic carbocycles. The molecule has 0 aliphatic heterocycles. The highest BCUT2D eigenvalue weighted by Gasteiger charge is 2.33. The third-order valence-electron chi connectivity index (χ3n) is 6.94. The van der Waals surface area contributed by atoms with E-state index in [1.807, 2.05) is 30.5 Å². The fourth-order valence-corrected chi connectivity index (χ4v) is 4.53. The molecule has 0 bridgehead atoms. The Morgan fingerprint density at radius 1 is 0.805 bits per heavy atom. The lowest BCUT2D eigenvalue weighted by Gasteiger charge is -2.28. The number of hydrogen-bond acceptors (Lipinski definition) is 6. The maximum Gasteiger partial charge on any atom is 0.326 e. The molecule has 11 heteroatoms. The fourth-order valence-electron chi connectivity index (χ4n) is 4.53. The summed E-state index contributed by atoms with van der Waals surface area (Å²) < 4.78 is 0. The zero-order valence-electron chi connectivity index (χ0n) is 23.7. The van der Waals surface area contributed by atoms with E-state index in [2.05, 4.69) is 20.9 Å². The van der Waals surface area contributed by atoms with Crippen LogP contribution in [-0.2, 0) is 32.0 Å². The summed E-state index contributed by atoms with van der Waals surface area (Å²) >= 11 is 0. The summed E-state index contributed by atoms with van der Waals surface area (Å²) in [6.07, 6.45) is 2.05. The predicted molar refractivity (Wildman–Crippen MR) is 155 cm³/mol. The van der Waals surface area contributed by atoms with E-state index in [-0.39, 0.29) is 30.4 Å². The third-order valence-corrected chi connectivity index (χ3v) is 6.94. The number of carbonyl (C=O) groups excluding carboxylic acids is 3. The molecule has 4 atom stereocenters. The maximum atomic E-state index is 13.3. The van der Waals surface area contributed by atoms with Gasteiger partial charge < -0.3 is 36.9 Å². The van der Waals surface area contributed by atoms with Crippen LogP contribution in [0.1, 0.15) is 38.8 Å². The van der Waals surface area contributed by atoms with Gasteiger partial charge in [0.15, 0.2) is 0 Å². The van der Waals surface area contributed by atoms with Crippen LogP contribution in [0, 0.1) is 11.8 Å². The first kappa shape index (κ1) is 31.2. The van der Waals surface area contributed by atoms with Gasteiger partial charge in [-0.15, -0.1) is 0 Å². The summed E-state index contributed by atoms with van der Waals surface area (Å²) in [6.45, 7) is 6.97. The van der Waals surface area contributed by atoms with E-state index in [1.165, 1.54) is 12.1 Å². The fraction of sp³-hybridized carbons (Fsp3) is 0.400. The Morgan fingerprint density at radius 2 is 1.37 bits per heavy atom. The molecule has 0 aliphatic rings. The molecular formula is C30H39N5O6. The minimum atomic E-state index is -1.26. The number of phenolic OH excluding ortho intramolecular Hbond substituents is 1. The molecule has 220 valence electrons. The molecule has 1 aromatic heterocycles. The number of hydrogen-bond donors (Lipinski definition) is 7. The molecule has 0 spiro atoms. The van der Waals surface area contributed by atoms with Gasteiger partial charge in [-0.2, -0.15) is 0 Å². The van der Waals surface area contributed by atoms with E-state index >= 15 is 0 Å². The Bertz CT molecular complexity index is 1370. The highest BCUT2D eigenvalue weighted by molar-refractivity contribution is 5.94. The molecule has 0 radical (unpaired) electrons. The van der Waals surface area contributed by atoms with Crippen LogP contribution >= 0.6 is 0 Å². The minimum Gasteiger partial charge on any atom is -0.508 e. The van der Waals surface area contributed by atoms with E-state index in [9.17, 15) is 29.4 Å². The summed E-state index contributed by atoms with van der Waals surface area (Å²) in [5, 5.41) is 28.0. The number of H-pyrrole nitrogens is 1. The molecule has 2 aromatic carbocycles. The van der Waals surface area contributed by atoms with Crippen molar-refractivity contribution in [3.63, 3.8) is 0 Å². The van der Waals surface area contributed by atoms with Crippen molar-refractivity contribution in [3.8, 4) is 5.75 Å². The van der Waals surface area contributed by atoms with Crippen molar-refractivity contribution in [2.24, 2.45) is 17.6 Å². The van der Waals surface area contributed by atoms with Crippen molar-refractivity contribution in [2.75, 3.05) is 0 Å². The SMILES string of the molecule is CC(C)C(NC(=O)C(N)Cc1c[nH]c2ccccc12)C(=O)NC(C(=O)NC(Cc1ccc(O)cc1)C(=O)O)C(C)C. The van der Waals surface area contributed by atoms with Crippen LogP contribution in [0.15, 0.2) is 54.7 Å². The molecule has 0 saturated carbocycles. The summed E-state index contributed by atoms with van der Waals surface area (Å²) in [5.74, 6) is -3.65. The zero-order valence-corrected chi connectivity index (χ0v) is 23.7. The lowest BCUT2D eigenvalue weighted by Crippen LogP contribution is -2.59. The molecule has 3 aromatic rings. The third kappa shape index (κ3) is 8.31. The van der Waals surface area contributed by atoms with Crippen molar-refractivity contribution in [1.29, 1.82) is 0 Å². The molecule has 0 fully saturated rings. The molecule has 3 amide bonds. The molecule has 0 saturated heterocycles. The van der Waals surface area contributed by atoms with Crippen molar-refractivity contribution in [1.82, 2.24) is 20.9 Å². The molecule has 4 unspecified atom stereocenters. The average Bonchev–Trinajstić information content (AvgIpc) is 3.32. The number of phenols is 1. The van der Waals surface area contributed by atoms with Gasteiger partial charge in [0, 0.05) is 23.5 Å². The number of nitrogens with two attached hydrogens (primary N) is 1. The standard InChI is InChI=1S/C30H39N5O6/c1-16(2)25(28(38)33-24(30(40)41)13-18-9-11-20(36)12-10-18)35-29(39)26(17(3)4)34-27(37)22(31)14-19-15-32-23-8-6-5-7-21(19)23/h5-12,15-17,22,24-26,32,36H,13-14,31H2,1-4H3,(H,33,38)(H,34,37)(H,35,39)(H,40,41). The number of nitrogens with one attached hydrogen (secondary N) is 4. The Labute approximate surface area is 238 Å². The Morgan fingerprint density at radius 3 is 1.95 bits per heavy atom. The summed E-state index contributed by atoms with van der Waals surface area (Å²) in [6, 6.07) is 9.47. The number of amides is 3. The lowest BCUT2D eigenvalue weighted by molar-refractivity contribution is -0.142. The second-order valence-electron chi connectivity index (χ2n) is 10.9. The maximum absolute atomic E-state index is 13.3. The minimum absolute atomic E-state index is 0.0148. The second-order valence-corrected chi connectivity index (χ2v) is 10.9. The van der Waals surface area contributed by atoms with Crippen molar-refractivity contribution in [2.45, 2.75) is 64.7 Å². The van der Waals surface area contributed by atoms with Crippen LogP contribution in [0.2, 0.25) is 0 Å². The Hall–Kier alpha value is -4.38. The van der Waals surface area contributed by atoms with Crippen LogP contribution < -0.4 is 21.7 Å². The number of aromatic amines is 1. The summed E-state index contributed by atoms with van der Waals surface area (Å²) in [5.41, 5.74) is 8.62. The van der Waals surface area contributed by atoms with Crippen LogP contribution in [0.5, 0.6) is 5.75 Å². The number of benzene rings is 2. The van der Waals surface area contributed by atoms with Gasteiger partial charge in [0.2, 0.25) is 17.7 Å². The highest BCUT2D eigenvalue weighted by atomic mass is 16.4. The smallest absolute Gasteiger partial charge is 0.326 e. The van der Waals surface area contributed by atoms with Gasteiger partial charge >= 0.3 is 5.97 Å². The number of carboxylic acids is 1. The molecule has 1 heterocycles. The number of aliphatic carboxylic acids is 1. The molecule has 8 N–H and O–H groups in total. The van der Waals surface area contributed by atoms with Crippen LogP contribution in [-0.4, -0.2) is 63.1 Å². The first-order valence-electron chi connectivity index (χ1n) is 13.6. The van der Waals surface area contributed by atoms with E-state index in [0.717, 1.165) is 16.5 Å². The molecule has 41 heavy (non-hydrogen) atoms. The van der Waals surface area contributed by atoms with E-state index in [0.29, 0.717) is 5.56 Å². The number of carboxylic acid groups (broad SMARTS) is 1. The summed E-state index contributed by atoms with van der Waals surface area (Å²) in [7, 11) is 0. The van der Waals surface area contributed by atoms with Gasteiger partial charge in [0.25, 0.3) is 0 Å². The van der Waals surface area contributed by atoms with Gasteiger partial charge in [-0.25, -0.2) is 4.79 Å². The van der Waals surface area contributed by atoms with Crippen LogP contribution in [0.3, 0.4) is 0 Å². The van der Waals surface area contributed by atoms with Crippen molar-refractivity contribution in [3.05, 3.63) is 65.9 Å². The number of para-hydroxylation sites is 1. The number of aromatic nitrogens is 1. The largest absolute Gasteiger partial charge is 0.508 e. The van der Waals surface area contributed by atoms with E-state index < -0.39 is 47.9 Å². The summed E-state index contributed by atoms with van der Waals surface area (Å²) in [4.78, 5) is 54.5. The normalized spacial score (nSPS) is 14.3. The van der Waals surface area contributed by atoms with Crippen LogP contribution in [0.25, 0.3) is 10.9 Å². The Balaban J connectivity index is 1.66. The Kier molecular flexibility index (Phi) is 10.5.